The minimum atomic E-state index is -2.98. The highest BCUT2D eigenvalue weighted by Crippen LogP contribution is 2.32. The van der Waals surface area contributed by atoms with Gasteiger partial charge in [0.15, 0.2) is 18.1 Å². The van der Waals surface area contributed by atoms with E-state index in [-0.39, 0.29) is 36.2 Å². The lowest BCUT2D eigenvalue weighted by molar-refractivity contribution is -0.144. The van der Waals surface area contributed by atoms with Crippen LogP contribution in [0.2, 0.25) is 0 Å². The first-order valence-corrected chi connectivity index (χ1v) is 9.92. The van der Waals surface area contributed by atoms with Gasteiger partial charge in [0.2, 0.25) is 5.82 Å². The summed E-state index contributed by atoms with van der Waals surface area (Å²) in [5.74, 6) is -0.261. The monoisotopic (exact) mass is 458 g/mol. The molecule has 8 nitrogen and oxygen atoms in total. The lowest BCUT2D eigenvalue weighted by atomic mass is 10.0. The van der Waals surface area contributed by atoms with Crippen LogP contribution in [0.5, 0.6) is 11.5 Å². The van der Waals surface area contributed by atoms with Crippen molar-refractivity contribution in [1.82, 2.24) is 10.1 Å². The van der Waals surface area contributed by atoms with Crippen LogP contribution in [0.1, 0.15) is 22.6 Å². The average Bonchev–Trinajstić information content (AvgIpc) is 3.40. The molecule has 0 spiro atoms. The fraction of sp³-hybridized carbons (Fsp3) is 0.261. The molecule has 0 aliphatic carbocycles. The van der Waals surface area contributed by atoms with E-state index in [0.29, 0.717) is 11.1 Å². The van der Waals surface area contributed by atoms with E-state index in [1.807, 2.05) is 26.0 Å². The molecule has 0 aliphatic rings. The smallest absolute Gasteiger partial charge is 0.387 e. The second-order valence-corrected chi connectivity index (χ2v) is 7.29. The minimum Gasteiger partial charge on any atom is -0.493 e. The predicted molar refractivity (Wildman–Crippen MR) is 112 cm³/mol. The Hall–Kier alpha value is -3.95. The standard InChI is InChI=1S/C23H20F2N2O6/c1-12-6-16-15(10-30-18(16)7-13(12)2)9-21(28)31-11-20-26-22(27-33-20)14-4-5-17(32-23(24)25)19(8-14)29-3/h4-8,10,23H,9,11H2,1-3H3. The molecule has 0 saturated heterocycles. The Morgan fingerprint density at radius 2 is 1.91 bits per heavy atom. The topological polar surface area (TPSA) is 96.8 Å². The SMILES string of the molecule is COc1cc(-c2noc(COC(=O)Cc3coc4cc(C)c(C)cc34)n2)ccc1OC(F)F. The summed E-state index contributed by atoms with van der Waals surface area (Å²) in [5, 5.41) is 4.69. The van der Waals surface area contributed by atoms with E-state index in [1.165, 1.54) is 25.3 Å². The molecule has 2 aromatic heterocycles. The molecule has 2 aromatic carbocycles. The van der Waals surface area contributed by atoms with Crippen LogP contribution >= 0.6 is 0 Å². The molecule has 0 fully saturated rings. The van der Waals surface area contributed by atoms with Gasteiger partial charge in [-0.15, -0.1) is 0 Å². The number of methoxy groups -OCH3 is 1. The molecule has 0 saturated carbocycles. The van der Waals surface area contributed by atoms with Crippen molar-refractivity contribution in [1.29, 1.82) is 0 Å². The number of alkyl halides is 2. The fourth-order valence-electron chi connectivity index (χ4n) is 3.25. The molecule has 2 heterocycles. The van der Waals surface area contributed by atoms with Crippen molar-refractivity contribution < 1.29 is 36.7 Å². The van der Waals surface area contributed by atoms with Crippen molar-refractivity contribution in [3.8, 4) is 22.9 Å². The third kappa shape index (κ3) is 4.94. The Morgan fingerprint density at radius 1 is 1.12 bits per heavy atom. The van der Waals surface area contributed by atoms with Gasteiger partial charge in [-0.1, -0.05) is 5.16 Å². The van der Waals surface area contributed by atoms with Gasteiger partial charge >= 0.3 is 12.6 Å². The molecule has 172 valence electrons. The molecule has 0 radical (unpaired) electrons. The first-order valence-electron chi connectivity index (χ1n) is 9.92. The van der Waals surface area contributed by atoms with Gasteiger partial charge in [-0.25, -0.2) is 0 Å². The summed E-state index contributed by atoms with van der Waals surface area (Å²) in [5.41, 5.74) is 4.09. The van der Waals surface area contributed by atoms with Gasteiger partial charge in [0.25, 0.3) is 5.89 Å². The van der Waals surface area contributed by atoms with Crippen LogP contribution < -0.4 is 9.47 Å². The number of nitrogens with zero attached hydrogens (tertiary/aromatic N) is 2. The number of benzene rings is 2. The molecule has 0 bridgehead atoms. The number of halogens is 2. The lowest BCUT2D eigenvalue weighted by Crippen LogP contribution is -2.08. The zero-order valence-corrected chi connectivity index (χ0v) is 18.1. The molecule has 33 heavy (non-hydrogen) atoms. The Labute approximate surface area is 187 Å². The van der Waals surface area contributed by atoms with Gasteiger partial charge in [-0.2, -0.15) is 13.8 Å². The number of rotatable bonds is 8. The van der Waals surface area contributed by atoms with E-state index in [1.54, 1.807) is 6.26 Å². The number of aromatic nitrogens is 2. The molecule has 4 rings (SSSR count). The Morgan fingerprint density at radius 3 is 2.67 bits per heavy atom. The largest absolute Gasteiger partial charge is 0.493 e. The van der Waals surface area contributed by atoms with Crippen molar-refractivity contribution in [3.05, 3.63) is 59.2 Å². The minimum absolute atomic E-state index is 0.0271. The Bertz CT molecular complexity index is 1300. The van der Waals surface area contributed by atoms with Crippen LogP contribution in [0, 0.1) is 13.8 Å². The number of esters is 1. The van der Waals surface area contributed by atoms with E-state index >= 15 is 0 Å². The maximum Gasteiger partial charge on any atom is 0.387 e. The predicted octanol–water partition coefficient (Wildman–Crippen LogP) is 5.00. The van der Waals surface area contributed by atoms with Crippen LogP contribution in [-0.4, -0.2) is 29.8 Å². The third-order valence-electron chi connectivity index (χ3n) is 5.07. The Balaban J connectivity index is 1.40. The molecule has 0 aliphatic heterocycles. The van der Waals surface area contributed by atoms with Crippen LogP contribution in [0.25, 0.3) is 22.4 Å². The number of carbonyl (C=O) groups is 1. The number of hydrogen-bond donors (Lipinski definition) is 0. The number of carbonyl (C=O) groups excluding carboxylic acids is 1. The summed E-state index contributed by atoms with van der Waals surface area (Å²) in [6, 6.07) is 8.14. The van der Waals surface area contributed by atoms with Crippen LogP contribution in [0.3, 0.4) is 0 Å². The van der Waals surface area contributed by atoms with Crippen LogP contribution in [0.4, 0.5) is 8.78 Å². The van der Waals surface area contributed by atoms with E-state index in [2.05, 4.69) is 14.9 Å². The Kier molecular flexibility index (Phi) is 6.25. The summed E-state index contributed by atoms with van der Waals surface area (Å²) in [7, 11) is 1.32. The molecule has 4 aromatic rings. The third-order valence-corrected chi connectivity index (χ3v) is 5.07. The highest BCUT2D eigenvalue weighted by atomic mass is 19.3. The molecule has 10 heteroatoms. The van der Waals surface area contributed by atoms with Gasteiger partial charge in [0, 0.05) is 16.5 Å². The highest BCUT2D eigenvalue weighted by molar-refractivity contribution is 5.86. The second kappa shape index (κ2) is 9.27. The second-order valence-electron chi connectivity index (χ2n) is 7.29. The maximum absolute atomic E-state index is 12.5. The molecule has 0 unspecified atom stereocenters. The van der Waals surface area contributed by atoms with E-state index in [4.69, 9.17) is 18.4 Å². The van der Waals surface area contributed by atoms with Gasteiger partial charge in [0.1, 0.15) is 5.58 Å². The maximum atomic E-state index is 12.5. The summed E-state index contributed by atoms with van der Waals surface area (Å²) in [4.78, 5) is 16.5. The zero-order chi connectivity index (χ0) is 23.5. The van der Waals surface area contributed by atoms with Crippen molar-refractivity contribution in [2.24, 2.45) is 0 Å². The number of hydrogen-bond acceptors (Lipinski definition) is 8. The van der Waals surface area contributed by atoms with Crippen molar-refractivity contribution in [3.63, 3.8) is 0 Å². The highest BCUT2D eigenvalue weighted by Gasteiger charge is 2.17. The van der Waals surface area contributed by atoms with Gasteiger partial charge < -0.3 is 23.2 Å². The lowest BCUT2D eigenvalue weighted by Gasteiger charge is -2.10. The van der Waals surface area contributed by atoms with Crippen LogP contribution in [0.15, 0.2) is 45.5 Å². The number of furan rings is 1. The summed E-state index contributed by atoms with van der Waals surface area (Å²) < 4.78 is 50.3. The quantitative estimate of drug-likeness (QED) is 0.341. The molecular formula is C23H20F2N2O6. The van der Waals surface area contributed by atoms with Crippen molar-refractivity contribution >= 4 is 16.9 Å². The molecule has 0 atom stereocenters. The molecular weight excluding hydrogens is 438 g/mol. The summed E-state index contributed by atoms with van der Waals surface area (Å²) >= 11 is 0. The van der Waals surface area contributed by atoms with Gasteiger partial charge in [-0.05, 0) is 55.3 Å². The zero-order valence-electron chi connectivity index (χ0n) is 18.1. The van der Waals surface area contributed by atoms with E-state index < -0.39 is 12.6 Å². The van der Waals surface area contributed by atoms with E-state index in [9.17, 15) is 13.6 Å². The number of fused-ring (bicyclic) bond motifs is 1. The number of ether oxygens (including phenoxy) is 3. The average molecular weight is 458 g/mol. The first-order chi connectivity index (χ1) is 15.8. The normalized spacial score (nSPS) is 11.2. The van der Waals surface area contributed by atoms with E-state index in [0.717, 1.165) is 22.1 Å². The molecule has 0 amide bonds. The number of aryl methyl sites for hydroxylation is 2. The first kappa shape index (κ1) is 22.3. The molecule has 0 N–H and O–H groups in total. The van der Waals surface area contributed by atoms with Crippen molar-refractivity contribution in [2.45, 2.75) is 33.5 Å². The van der Waals surface area contributed by atoms with Gasteiger partial charge in [0.05, 0.1) is 19.8 Å². The van der Waals surface area contributed by atoms with Gasteiger partial charge in [-0.3, -0.25) is 4.79 Å². The summed E-state index contributed by atoms with van der Waals surface area (Å²) in [6.45, 7) is 0.783. The summed E-state index contributed by atoms with van der Waals surface area (Å²) in [6.07, 6.45) is 1.57. The fourth-order valence-corrected chi connectivity index (χ4v) is 3.25. The van der Waals surface area contributed by atoms with Crippen LogP contribution in [-0.2, 0) is 22.6 Å². The van der Waals surface area contributed by atoms with Crippen molar-refractivity contribution in [2.75, 3.05) is 7.11 Å².